The monoisotopic (exact) mass is 324 g/mol. The third-order valence-corrected chi connectivity index (χ3v) is 4.34. The first-order valence-electron chi connectivity index (χ1n) is 8.14. The number of rotatable bonds is 3. The van der Waals surface area contributed by atoms with Crippen LogP contribution in [0.15, 0.2) is 36.7 Å². The Morgan fingerprint density at radius 3 is 2.92 bits per heavy atom. The first-order chi connectivity index (χ1) is 11.7. The molecular formula is C17H20N6O. The van der Waals surface area contributed by atoms with Gasteiger partial charge < -0.3 is 15.7 Å². The topological polar surface area (TPSA) is 87.4 Å². The van der Waals surface area contributed by atoms with Crippen LogP contribution >= 0.6 is 0 Å². The van der Waals surface area contributed by atoms with Crippen LogP contribution in [0.25, 0.3) is 16.9 Å². The van der Waals surface area contributed by atoms with Crippen LogP contribution in [-0.2, 0) is 0 Å². The number of aryl methyl sites for hydroxylation is 1. The molecule has 4 heterocycles. The number of hydrogen-bond donors (Lipinski definition) is 3. The highest BCUT2D eigenvalue weighted by Gasteiger charge is 2.23. The van der Waals surface area contributed by atoms with Gasteiger partial charge in [0.05, 0.1) is 35.2 Å². The summed E-state index contributed by atoms with van der Waals surface area (Å²) in [6, 6.07) is 7.95. The molecule has 0 bridgehead atoms. The van der Waals surface area contributed by atoms with E-state index in [-0.39, 0.29) is 6.04 Å². The molecule has 4 rings (SSSR count). The summed E-state index contributed by atoms with van der Waals surface area (Å²) in [5, 5.41) is 21.1. The van der Waals surface area contributed by atoms with E-state index in [0.29, 0.717) is 12.5 Å². The molecule has 3 aromatic rings. The molecule has 0 aromatic carbocycles. The Morgan fingerprint density at radius 2 is 2.12 bits per heavy atom. The maximum atomic E-state index is 10.1. The van der Waals surface area contributed by atoms with Gasteiger partial charge in [0.1, 0.15) is 0 Å². The Balaban J connectivity index is 1.66. The average Bonchev–Trinajstić information content (AvgIpc) is 3.01. The van der Waals surface area contributed by atoms with Gasteiger partial charge in [0.15, 0.2) is 0 Å². The lowest BCUT2D eigenvalue weighted by Gasteiger charge is -2.28. The summed E-state index contributed by atoms with van der Waals surface area (Å²) < 4.78 is 1.83. The fraction of sp³-hybridized carbons (Fsp3) is 0.353. The van der Waals surface area contributed by atoms with Gasteiger partial charge in [-0.1, -0.05) is 6.07 Å². The van der Waals surface area contributed by atoms with Crippen molar-refractivity contribution in [2.45, 2.75) is 25.5 Å². The molecule has 24 heavy (non-hydrogen) atoms. The van der Waals surface area contributed by atoms with Gasteiger partial charge in [-0.25, -0.2) is 9.50 Å². The summed E-state index contributed by atoms with van der Waals surface area (Å²) in [7, 11) is 0. The lowest BCUT2D eigenvalue weighted by molar-refractivity contribution is 0.128. The molecule has 1 saturated heterocycles. The number of nitrogens with one attached hydrogen (secondary N) is 2. The van der Waals surface area contributed by atoms with Crippen LogP contribution in [0.1, 0.15) is 12.0 Å². The van der Waals surface area contributed by atoms with E-state index in [2.05, 4.69) is 25.7 Å². The third-order valence-electron chi connectivity index (χ3n) is 4.34. The van der Waals surface area contributed by atoms with Crippen LogP contribution in [0, 0.1) is 6.92 Å². The van der Waals surface area contributed by atoms with E-state index in [4.69, 9.17) is 0 Å². The summed E-state index contributed by atoms with van der Waals surface area (Å²) in [5.74, 6) is 0.512. The SMILES string of the molecule is Cc1ccc(-c2ccc3cnc(N[C@@H]4CCNC[C@H]4O)nn23)nc1. The first kappa shape index (κ1) is 15.0. The lowest BCUT2D eigenvalue weighted by atomic mass is 10.0. The number of nitrogens with zero attached hydrogens (tertiary/aromatic N) is 4. The molecule has 0 aliphatic carbocycles. The van der Waals surface area contributed by atoms with Crippen LogP contribution in [0.2, 0.25) is 0 Å². The molecule has 7 heteroatoms. The molecule has 1 aliphatic rings. The van der Waals surface area contributed by atoms with Crippen LogP contribution < -0.4 is 10.6 Å². The van der Waals surface area contributed by atoms with Crippen molar-refractivity contribution in [3.05, 3.63) is 42.2 Å². The molecule has 0 amide bonds. The number of aliphatic hydroxyl groups is 1. The average molecular weight is 324 g/mol. The predicted octanol–water partition coefficient (Wildman–Crippen LogP) is 1.23. The molecular weight excluding hydrogens is 304 g/mol. The zero-order valence-corrected chi connectivity index (χ0v) is 13.5. The van der Waals surface area contributed by atoms with Crippen molar-refractivity contribution in [1.82, 2.24) is 24.9 Å². The van der Waals surface area contributed by atoms with Gasteiger partial charge in [-0.05, 0) is 43.7 Å². The zero-order valence-electron chi connectivity index (χ0n) is 13.5. The third kappa shape index (κ3) is 2.83. The molecule has 1 aliphatic heterocycles. The smallest absolute Gasteiger partial charge is 0.241 e. The molecule has 2 atom stereocenters. The maximum absolute atomic E-state index is 10.1. The minimum atomic E-state index is -0.444. The largest absolute Gasteiger partial charge is 0.390 e. The number of anilines is 1. The molecule has 124 valence electrons. The number of β-amino-alcohol motifs (C(OH)–C–C–N with tert-alkyl or cyclic N) is 1. The normalized spacial score (nSPS) is 21.1. The van der Waals surface area contributed by atoms with Crippen molar-refractivity contribution in [3.8, 4) is 11.4 Å². The van der Waals surface area contributed by atoms with Gasteiger partial charge in [-0.2, -0.15) is 0 Å². The van der Waals surface area contributed by atoms with Crippen molar-refractivity contribution in [2.24, 2.45) is 0 Å². The van der Waals surface area contributed by atoms with Crippen molar-refractivity contribution in [1.29, 1.82) is 0 Å². The highest BCUT2D eigenvalue weighted by atomic mass is 16.3. The second-order valence-electron chi connectivity index (χ2n) is 6.17. The predicted molar refractivity (Wildman–Crippen MR) is 91.9 cm³/mol. The van der Waals surface area contributed by atoms with Crippen LogP contribution in [0.4, 0.5) is 5.95 Å². The van der Waals surface area contributed by atoms with E-state index in [1.165, 1.54) is 0 Å². The standard InChI is InChI=1S/C17H20N6O/c1-11-2-4-13(19-8-11)15-5-3-12-9-20-17(22-23(12)15)21-14-6-7-18-10-16(14)24/h2-5,8-9,14,16,18,24H,6-7,10H2,1H3,(H,21,22)/t14-,16-/m1/s1. The van der Waals surface area contributed by atoms with E-state index in [9.17, 15) is 5.11 Å². The molecule has 1 fully saturated rings. The molecule has 3 N–H and O–H groups in total. The van der Waals surface area contributed by atoms with E-state index < -0.39 is 6.10 Å². The Hall–Kier alpha value is -2.51. The number of fused-ring (bicyclic) bond motifs is 1. The Morgan fingerprint density at radius 1 is 1.21 bits per heavy atom. The molecule has 0 spiro atoms. The maximum Gasteiger partial charge on any atom is 0.241 e. The van der Waals surface area contributed by atoms with Crippen molar-refractivity contribution in [3.63, 3.8) is 0 Å². The van der Waals surface area contributed by atoms with Crippen molar-refractivity contribution < 1.29 is 5.11 Å². The summed E-state index contributed by atoms with van der Waals surface area (Å²) in [6.07, 6.45) is 4.02. The van der Waals surface area contributed by atoms with Crippen molar-refractivity contribution >= 4 is 11.5 Å². The fourth-order valence-electron chi connectivity index (χ4n) is 2.96. The summed E-state index contributed by atoms with van der Waals surface area (Å²) in [6.45, 7) is 3.47. The minimum Gasteiger partial charge on any atom is -0.390 e. The fourth-order valence-corrected chi connectivity index (χ4v) is 2.96. The number of aliphatic hydroxyl groups excluding tert-OH is 1. The van der Waals surface area contributed by atoms with E-state index in [0.717, 1.165) is 35.4 Å². The number of pyridine rings is 1. The van der Waals surface area contributed by atoms with Gasteiger partial charge in [0.25, 0.3) is 0 Å². The van der Waals surface area contributed by atoms with Crippen molar-refractivity contribution in [2.75, 3.05) is 18.4 Å². The Bertz CT molecular complexity index is 844. The highest BCUT2D eigenvalue weighted by Crippen LogP contribution is 2.20. The number of piperidine rings is 1. The Labute approximate surface area is 139 Å². The van der Waals surface area contributed by atoms with Crippen LogP contribution in [0.5, 0.6) is 0 Å². The summed E-state index contributed by atoms with van der Waals surface area (Å²) >= 11 is 0. The molecule has 0 unspecified atom stereocenters. The minimum absolute atomic E-state index is 0.0415. The Kier molecular flexibility index (Phi) is 3.87. The molecule has 0 radical (unpaired) electrons. The van der Waals surface area contributed by atoms with Gasteiger partial charge in [0, 0.05) is 12.7 Å². The zero-order chi connectivity index (χ0) is 16.5. The van der Waals surface area contributed by atoms with E-state index >= 15 is 0 Å². The highest BCUT2D eigenvalue weighted by molar-refractivity contribution is 5.63. The van der Waals surface area contributed by atoms with Gasteiger partial charge in [-0.3, -0.25) is 4.98 Å². The van der Waals surface area contributed by atoms with Gasteiger partial charge in [0.2, 0.25) is 5.95 Å². The van der Waals surface area contributed by atoms with Gasteiger partial charge >= 0.3 is 0 Å². The quantitative estimate of drug-likeness (QED) is 0.672. The van der Waals surface area contributed by atoms with Crippen LogP contribution in [0.3, 0.4) is 0 Å². The molecule has 3 aromatic heterocycles. The summed E-state index contributed by atoms with van der Waals surface area (Å²) in [5.41, 5.74) is 3.81. The number of aromatic nitrogens is 4. The second kappa shape index (κ2) is 6.18. The first-order valence-corrected chi connectivity index (χ1v) is 8.14. The van der Waals surface area contributed by atoms with Crippen LogP contribution in [-0.4, -0.2) is 49.9 Å². The van der Waals surface area contributed by atoms with E-state index in [1.54, 1.807) is 6.20 Å². The molecule has 7 nitrogen and oxygen atoms in total. The lowest BCUT2D eigenvalue weighted by Crippen LogP contribution is -2.47. The van der Waals surface area contributed by atoms with Gasteiger partial charge in [-0.15, -0.1) is 5.10 Å². The summed E-state index contributed by atoms with van der Waals surface area (Å²) in [4.78, 5) is 8.84. The molecule has 0 saturated carbocycles. The van der Waals surface area contributed by atoms with E-state index in [1.807, 2.05) is 41.9 Å². The second-order valence-corrected chi connectivity index (χ2v) is 6.17. The number of hydrogen-bond acceptors (Lipinski definition) is 6.